The number of cyclic esters (lactones) is 1. The van der Waals surface area contributed by atoms with Gasteiger partial charge in [-0.2, -0.15) is 16.8 Å². The summed E-state index contributed by atoms with van der Waals surface area (Å²) >= 11 is 1.59. The number of rotatable bonds is 9. The number of hydrogen-bond acceptors (Lipinski definition) is 13. The van der Waals surface area contributed by atoms with Crippen LogP contribution in [0, 0.1) is 0 Å². The van der Waals surface area contributed by atoms with Crippen molar-refractivity contribution < 1.29 is 49.8 Å². The van der Waals surface area contributed by atoms with Gasteiger partial charge in [0.15, 0.2) is 10.3 Å². The maximum atomic E-state index is 13.2. The van der Waals surface area contributed by atoms with Crippen LogP contribution in [-0.4, -0.2) is 86.8 Å². The second-order valence-electron chi connectivity index (χ2n) is 8.54. The Hall–Kier alpha value is -3.49. The van der Waals surface area contributed by atoms with E-state index >= 15 is 0 Å². The third kappa shape index (κ3) is 5.55. The molecule has 2 atom stereocenters. The van der Waals surface area contributed by atoms with Crippen molar-refractivity contribution in [2.45, 2.75) is 37.9 Å². The van der Waals surface area contributed by atoms with E-state index in [-0.39, 0.29) is 44.1 Å². The lowest BCUT2D eigenvalue weighted by Crippen LogP contribution is -2.51. The number of Topliss-reactive ketones (excluding diaryl/α,β-unsaturated/α-hetero) is 1. The van der Waals surface area contributed by atoms with Crippen LogP contribution in [0.1, 0.15) is 6.92 Å². The molecule has 0 radical (unpaired) electrons. The molecule has 0 aliphatic carbocycles. The van der Waals surface area contributed by atoms with Gasteiger partial charge in [-0.3, -0.25) is 13.9 Å². The van der Waals surface area contributed by atoms with Crippen LogP contribution >= 0.6 is 23.5 Å². The molecule has 0 amide bonds. The summed E-state index contributed by atoms with van der Waals surface area (Å²) in [4.78, 5) is 52.1. The number of hydrogen-bond donors (Lipinski definition) is 4. The third-order valence-corrected chi connectivity index (χ3v) is 9.86. The Balaban J connectivity index is 1.48. The van der Waals surface area contributed by atoms with E-state index in [1.54, 1.807) is 0 Å². The molecule has 41 heavy (non-hydrogen) atoms. The molecule has 0 bridgehead atoms. The minimum atomic E-state index is -4.50. The fraction of sp³-hybridized carbons (Fsp3) is 0.227. The summed E-state index contributed by atoms with van der Waals surface area (Å²) in [6.07, 6.45) is 0. The summed E-state index contributed by atoms with van der Waals surface area (Å²) < 4.78 is 75.0. The summed E-state index contributed by atoms with van der Waals surface area (Å²) in [7, 11) is -8.97. The van der Waals surface area contributed by atoms with Gasteiger partial charge in [-0.25, -0.2) is 19.6 Å². The second-order valence-corrected chi connectivity index (χ2v) is 13.4. The Kier molecular flexibility index (Phi) is 7.37. The molecule has 1 aliphatic heterocycles. The van der Waals surface area contributed by atoms with Gasteiger partial charge in [-0.1, -0.05) is 23.5 Å². The van der Waals surface area contributed by atoms with Crippen LogP contribution in [0.5, 0.6) is 0 Å². The average Bonchev–Trinajstić information content (AvgIpc) is 3.56. The summed E-state index contributed by atoms with van der Waals surface area (Å²) in [5.41, 5.74) is -1.06. The number of ketones is 1. The quantitative estimate of drug-likeness (QED) is 0.0878. The van der Waals surface area contributed by atoms with Gasteiger partial charge in [0.2, 0.25) is 5.60 Å². The van der Waals surface area contributed by atoms with Crippen LogP contribution in [-0.2, 0) is 44.1 Å². The molecule has 1 fully saturated rings. The lowest BCUT2D eigenvalue weighted by molar-refractivity contribution is -0.171. The minimum absolute atomic E-state index is 0.0456. The highest BCUT2D eigenvalue weighted by molar-refractivity contribution is 8.01. The Bertz CT molecular complexity index is 1950. The van der Waals surface area contributed by atoms with Crippen LogP contribution in [0.2, 0.25) is 0 Å². The van der Waals surface area contributed by atoms with Crippen molar-refractivity contribution in [3.63, 3.8) is 0 Å². The van der Waals surface area contributed by atoms with E-state index in [0.29, 0.717) is 17.3 Å². The molecule has 1 aliphatic rings. The molecule has 3 heterocycles. The first kappa shape index (κ1) is 29.0. The van der Waals surface area contributed by atoms with E-state index in [2.05, 4.69) is 19.9 Å². The lowest BCUT2D eigenvalue weighted by Gasteiger charge is -2.28. The highest BCUT2D eigenvalue weighted by Gasteiger charge is 2.62. The first-order valence-electron chi connectivity index (χ1n) is 11.4. The molecule has 2 aromatic heterocycles. The van der Waals surface area contributed by atoms with E-state index in [0.717, 1.165) is 36.0 Å². The van der Waals surface area contributed by atoms with E-state index < -0.39 is 53.7 Å². The van der Waals surface area contributed by atoms with Gasteiger partial charge in [0.05, 0.1) is 44.2 Å². The molecule has 216 valence electrons. The number of H-pyrrole nitrogens is 2. The largest absolute Gasteiger partial charge is 0.463 e. The number of benzene rings is 2. The van der Waals surface area contributed by atoms with E-state index in [1.807, 2.05) is 0 Å². The van der Waals surface area contributed by atoms with Crippen molar-refractivity contribution in [2.75, 3.05) is 12.4 Å². The van der Waals surface area contributed by atoms with Gasteiger partial charge >= 0.3 is 11.9 Å². The Morgan fingerprint density at radius 1 is 0.976 bits per heavy atom. The predicted molar refractivity (Wildman–Crippen MR) is 143 cm³/mol. The van der Waals surface area contributed by atoms with Crippen LogP contribution < -0.4 is 0 Å². The summed E-state index contributed by atoms with van der Waals surface area (Å²) in [5, 5.41) is -1.25. The average molecular weight is 643 g/mol. The predicted octanol–water partition coefficient (Wildman–Crippen LogP) is 1.61. The first-order chi connectivity index (χ1) is 19.2. The summed E-state index contributed by atoms with van der Waals surface area (Å²) in [6.45, 7) is 1.43. The highest BCUT2D eigenvalue weighted by Crippen LogP contribution is 2.42. The molecule has 4 aromatic rings. The molecule has 2 aromatic carbocycles. The van der Waals surface area contributed by atoms with E-state index in [4.69, 9.17) is 9.47 Å². The smallest absolute Gasteiger partial charge is 0.377 e. The molecule has 0 spiro atoms. The van der Waals surface area contributed by atoms with Gasteiger partial charge in [0.25, 0.3) is 26.0 Å². The summed E-state index contributed by atoms with van der Waals surface area (Å²) in [6, 6.07) is 7.25. The number of ether oxygens (including phenoxy) is 2. The minimum Gasteiger partial charge on any atom is -0.463 e. The van der Waals surface area contributed by atoms with Crippen molar-refractivity contribution in [2.24, 2.45) is 0 Å². The number of esters is 2. The zero-order chi connectivity index (χ0) is 29.7. The second kappa shape index (κ2) is 10.4. The first-order valence-corrected chi connectivity index (χ1v) is 16.1. The normalized spacial score (nSPS) is 19.6. The topological polar surface area (TPSA) is 236 Å². The molecule has 2 unspecified atom stereocenters. The zero-order valence-corrected chi connectivity index (χ0v) is 23.8. The fourth-order valence-electron chi connectivity index (χ4n) is 3.97. The van der Waals surface area contributed by atoms with Gasteiger partial charge in [-0.05, 0) is 43.3 Å². The van der Waals surface area contributed by atoms with E-state index in [9.17, 15) is 40.3 Å². The molecule has 19 heteroatoms. The molecule has 4 N–H and O–H groups in total. The molecule has 5 rings (SSSR count). The number of imidazole rings is 2. The van der Waals surface area contributed by atoms with Gasteiger partial charge in [0, 0.05) is 0 Å². The number of carbonyl (C=O) groups excluding carboxylic acids is 3. The molecule has 0 saturated carbocycles. The van der Waals surface area contributed by atoms with Crippen LogP contribution in [0.15, 0.2) is 56.5 Å². The Morgan fingerprint density at radius 3 is 2.05 bits per heavy atom. The summed E-state index contributed by atoms with van der Waals surface area (Å²) in [5.74, 6) is -3.66. The maximum absolute atomic E-state index is 13.2. The Morgan fingerprint density at radius 2 is 1.51 bits per heavy atom. The number of carbonyl (C=O) groups is 3. The molecular formula is C22H18N4O11S4. The number of fused-ring (bicyclic) bond motifs is 2. The van der Waals surface area contributed by atoms with Crippen molar-refractivity contribution in [3.05, 3.63) is 36.4 Å². The maximum Gasteiger partial charge on any atom is 0.377 e. The molecule has 1 saturated heterocycles. The van der Waals surface area contributed by atoms with Crippen molar-refractivity contribution in [3.8, 4) is 0 Å². The fourth-order valence-corrected chi connectivity index (χ4v) is 7.29. The SMILES string of the molecule is CCOC(=O)C1(CSc2nc3ccc(S(=O)(=O)O)cc3[nH]2)OC(=O)C(=O)C1Sc1nc2ccc(S(=O)(=O)O)cc2[nH]1. The van der Waals surface area contributed by atoms with Crippen molar-refractivity contribution in [1.29, 1.82) is 0 Å². The zero-order valence-electron chi connectivity index (χ0n) is 20.6. The van der Waals surface area contributed by atoms with E-state index in [1.165, 1.54) is 19.1 Å². The standard InChI is InChI=1S/C22H18N4O11S4/c1-2-36-19(29)22(9-38-20-23-12-5-3-10(40(30,31)32)7-14(12)25-20)17(16(27)18(28)37-22)39-21-24-13-6-4-11(41(33,34)35)8-15(13)26-21/h3-8,17H,2,9H2,1H3,(H,23,25)(H,24,26)(H,30,31,32)(H,33,34,35). The third-order valence-electron chi connectivity index (χ3n) is 5.87. The molecule has 15 nitrogen and oxygen atoms in total. The number of nitrogens with zero attached hydrogens (tertiary/aromatic N) is 2. The van der Waals surface area contributed by atoms with Crippen LogP contribution in [0.25, 0.3) is 22.1 Å². The van der Waals surface area contributed by atoms with Crippen LogP contribution in [0.3, 0.4) is 0 Å². The number of nitrogens with one attached hydrogen (secondary N) is 2. The Labute approximate surface area is 239 Å². The lowest BCUT2D eigenvalue weighted by atomic mass is 10.0. The van der Waals surface area contributed by atoms with Gasteiger partial charge in [-0.15, -0.1) is 0 Å². The van der Waals surface area contributed by atoms with Crippen molar-refractivity contribution in [1.82, 2.24) is 19.9 Å². The number of aromatic amines is 2. The highest BCUT2D eigenvalue weighted by atomic mass is 32.2. The monoisotopic (exact) mass is 642 g/mol. The van der Waals surface area contributed by atoms with Gasteiger partial charge < -0.3 is 19.4 Å². The van der Waals surface area contributed by atoms with Gasteiger partial charge in [0.1, 0.15) is 5.25 Å². The number of thioether (sulfide) groups is 2. The molecular weight excluding hydrogens is 625 g/mol. The number of aromatic nitrogens is 4. The van der Waals surface area contributed by atoms with Crippen LogP contribution in [0.4, 0.5) is 0 Å². The van der Waals surface area contributed by atoms with Crippen molar-refractivity contribution >= 4 is 83.5 Å².